The average molecular weight is 250 g/mol. The molecule has 0 aliphatic rings. The highest BCUT2D eigenvalue weighted by atomic mass is 32.2. The van der Waals surface area contributed by atoms with Gasteiger partial charge in [0.25, 0.3) is 0 Å². The van der Waals surface area contributed by atoms with Crippen molar-refractivity contribution in [1.82, 2.24) is 10.2 Å². The molecule has 0 atom stereocenters. The topological polar surface area (TPSA) is 69.9 Å². The van der Waals surface area contributed by atoms with Crippen LogP contribution >= 0.6 is 11.8 Å². The largest absolute Gasteiger partial charge is 0.481 e. The van der Waals surface area contributed by atoms with Gasteiger partial charge in [-0.2, -0.15) is 4.57 Å². The first-order valence-electron chi connectivity index (χ1n) is 5.05. The highest BCUT2D eigenvalue weighted by Gasteiger charge is 2.19. The molecule has 17 heavy (non-hydrogen) atoms. The summed E-state index contributed by atoms with van der Waals surface area (Å²) in [7, 11) is 0. The highest BCUT2D eigenvalue weighted by Crippen LogP contribution is 2.13. The Morgan fingerprint density at radius 1 is 1.47 bits per heavy atom. The maximum absolute atomic E-state index is 10.6. The minimum absolute atomic E-state index is 0.00285. The molecule has 2 rings (SSSR count). The number of nitrogens with one attached hydrogen (secondary N) is 1. The van der Waals surface area contributed by atoms with E-state index in [4.69, 9.17) is 5.11 Å². The number of hydrogen-bond donors (Lipinski definition) is 2. The number of rotatable bonds is 4. The summed E-state index contributed by atoms with van der Waals surface area (Å²) in [5.74, 6) is 0.0104. The van der Waals surface area contributed by atoms with Gasteiger partial charge in [0.15, 0.2) is 0 Å². The van der Waals surface area contributed by atoms with Crippen LogP contribution in [0.3, 0.4) is 0 Å². The van der Waals surface area contributed by atoms with Crippen molar-refractivity contribution in [2.45, 2.75) is 12.1 Å². The Morgan fingerprint density at radius 3 is 2.82 bits per heavy atom. The Balaban J connectivity index is 2.33. The zero-order chi connectivity index (χ0) is 12.3. The minimum Gasteiger partial charge on any atom is -0.481 e. The third-order valence-corrected chi connectivity index (χ3v) is 3.10. The molecular formula is C11H12N3O2S+. The lowest BCUT2D eigenvalue weighted by molar-refractivity contribution is -0.642. The van der Waals surface area contributed by atoms with Crippen LogP contribution < -0.4 is 4.57 Å². The number of aromatic nitrogens is 3. The van der Waals surface area contributed by atoms with E-state index in [9.17, 15) is 4.79 Å². The fraction of sp³-hybridized carbons (Fsp3) is 0.182. The molecular weight excluding hydrogens is 238 g/mol. The van der Waals surface area contributed by atoms with Gasteiger partial charge in [0.2, 0.25) is 5.82 Å². The van der Waals surface area contributed by atoms with E-state index in [1.807, 2.05) is 41.8 Å². The van der Waals surface area contributed by atoms with Crippen LogP contribution in [-0.4, -0.2) is 27.0 Å². The summed E-state index contributed by atoms with van der Waals surface area (Å²) in [4.78, 5) is 10.6. The summed E-state index contributed by atoms with van der Waals surface area (Å²) in [6.45, 7) is 1.89. The maximum atomic E-state index is 10.6. The predicted molar refractivity (Wildman–Crippen MR) is 63.2 cm³/mol. The van der Waals surface area contributed by atoms with Crippen LogP contribution in [0.4, 0.5) is 0 Å². The standard InChI is InChI=1S/C11H11N3O2S/c1-8-12-13-11(17-7-10(15)16)14(8)9-5-3-2-4-6-9/h2-6H,7H2,1H3,(H,15,16)/p+1. The number of H-pyrrole nitrogens is 1. The summed E-state index contributed by atoms with van der Waals surface area (Å²) >= 11 is 1.19. The van der Waals surface area contributed by atoms with E-state index in [1.54, 1.807) is 0 Å². The molecule has 88 valence electrons. The number of hydrogen-bond acceptors (Lipinski definition) is 3. The van der Waals surface area contributed by atoms with Crippen molar-refractivity contribution >= 4 is 17.7 Å². The molecule has 1 aromatic heterocycles. The molecule has 0 amide bonds. The lowest BCUT2D eigenvalue weighted by Crippen LogP contribution is -2.34. The minimum atomic E-state index is -0.852. The first-order valence-corrected chi connectivity index (χ1v) is 6.04. The molecule has 0 aliphatic heterocycles. The van der Waals surface area contributed by atoms with Gasteiger partial charge in [-0.3, -0.25) is 4.79 Å². The van der Waals surface area contributed by atoms with Crippen LogP contribution in [0.15, 0.2) is 35.5 Å². The van der Waals surface area contributed by atoms with Gasteiger partial charge in [0.05, 0.1) is 5.10 Å². The fourth-order valence-electron chi connectivity index (χ4n) is 1.48. The van der Waals surface area contributed by atoms with E-state index in [0.29, 0.717) is 5.16 Å². The molecule has 1 heterocycles. The van der Waals surface area contributed by atoms with Crippen molar-refractivity contribution in [1.29, 1.82) is 0 Å². The van der Waals surface area contributed by atoms with Crippen molar-refractivity contribution in [3.8, 4) is 5.69 Å². The third-order valence-electron chi connectivity index (χ3n) is 2.18. The van der Waals surface area contributed by atoms with Gasteiger partial charge in [-0.25, -0.2) is 0 Å². The molecule has 0 bridgehead atoms. The van der Waals surface area contributed by atoms with Gasteiger partial charge in [0, 0.05) is 6.92 Å². The summed E-state index contributed by atoms with van der Waals surface area (Å²) in [6, 6.07) is 9.70. The SMILES string of the molecule is Cc1[nH]nc(SCC(=O)O)[n+]1-c1ccccc1. The molecule has 0 aliphatic carbocycles. The van der Waals surface area contributed by atoms with Gasteiger partial charge >= 0.3 is 11.1 Å². The summed E-state index contributed by atoms with van der Waals surface area (Å²) in [5.41, 5.74) is 0.964. The molecule has 0 unspecified atom stereocenters. The highest BCUT2D eigenvalue weighted by molar-refractivity contribution is 7.99. The Bertz CT molecular complexity index is 525. The van der Waals surface area contributed by atoms with E-state index >= 15 is 0 Å². The fourth-order valence-corrected chi connectivity index (χ4v) is 2.21. The number of carboxylic acid groups (broad SMARTS) is 1. The van der Waals surface area contributed by atoms with E-state index in [2.05, 4.69) is 10.2 Å². The van der Waals surface area contributed by atoms with Crippen molar-refractivity contribution in [2.24, 2.45) is 0 Å². The van der Waals surface area contributed by atoms with E-state index in [1.165, 1.54) is 11.8 Å². The summed E-state index contributed by atoms with van der Waals surface area (Å²) < 4.78 is 1.90. The number of benzene rings is 1. The quantitative estimate of drug-likeness (QED) is 0.631. The van der Waals surface area contributed by atoms with Gasteiger partial charge in [-0.1, -0.05) is 18.2 Å². The Hall–Kier alpha value is -1.82. The average Bonchev–Trinajstić information content (AvgIpc) is 2.69. The molecule has 5 nitrogen and oxygen atoms in total. The number of nitrogens with zero attached hydrogens (tertiary/aromatic N) is 2. The molecule has 2 N–H and O–H groups in total. The second-order valence-electron chi connectivity index (χ2n) is 3.44. The lowest BCUT2D eigenvalue weighted by Gasteiger charge is -2.00. The molecule has 6 heteroatoms. The van der Waals surface area contributed by atoms with Gasteiger partial charge in [-0.15, -0.1) is 5.10 Å². The van der Waals surface area contributed by atoms with E-state index in [-0.39, 0.29) is 5.75 Å². The van der Waals surface area contributed by atoms with Crippen molar-refractivity contribution < 1.29 is 14.5 Å². The molecule has 0 radical (unpaired) electrons. The number of carboxylic acids is 1. The zero-order valence-electron chi connectivity index (χ0n) is 9.25. The van der Waals surface area contributed by atoms with Crippen LogP contribution in [0.5, 0.6) is 0 Å². The van der Waals surface area contributed by atoms with Crippen molar-refractivity contribution in [3.63, 3.8) is 0 Å². The first kappa shape index (κ1) is 11.7. The Kier molecular flexibility index (Phi) is 3.43. The van der Waals surface area contributed by atoms with Crippen molar-refractivity contribution in [2.75, 3.05) is 5.75 Å². The van der Waals surface area contributed by atoms with Crippen LogP contribution in [0, 0.1) is 6.92 Å². The smallest absolute Gasteiger partial charge is 0.342 e. The predicted octanol–water partition coefficient (Wildman–Crippen LogP) is 1.17. The van der Waals surface area contributed by atoms with Crippen LogP contribution in [0.1, 0.15) is 5.82 Å². The molecule has 0 saturated carbocycles. The maximum Gasteiger partial charge on any atom is 0.342 e. The third kappa shape index (κ3) is 2.65. The lowest BCUT2D eigenvalue weighted by atomic mass is 10.3. The number of carbonyl (C=O) groups is 1. The van der Waals surface area contributed by atoms with E-state index < -0.39 is 5.97 Å². The number of aliphatic carboxylic acids is 1. The normalized spacial score (nSPS) is 10.4. The number of aryl methyl sites for hydroxylation is 1. The van der Waals surface area contributed by atoms with E-state index in [0.717, 1.165) is 11.5 Å². The molecule has 0 spiro atoms. The zero-order valence-corrected chi connectivity index (χ0v) is 10.1. The van der Waals surface area contributed by atoms with Gasteiger partial charge < -0.3 is 5.11 Å². The number of para-hydroxylation sites is 1. The Labute approximate surface area is 102 Å². The second kappa shape index (κ2) is 5.01. The molecule has 1 aromatic carbocycles. The molecule has 0 saturated heterocycles. The number of thioether (sulfide) groups is 1. The number of aromatic amines is 1. The van der Waals surface area contributed by atoms with Gasteiger partial charge in [0.1, 0.15) is 11.4 Å². The monoisotopic (exact) mass is 250 g/mol. The van der Waals surface area contributed by atoms with Crippen LogP contribution in [0.2, 0.25) is 0 Å². The van der Waals surface area contributed by atoms with Crippen molar-refractivity contribution in [3.05, 3.63) is 36.2 Å². The summed E-state index contributed by atoms with van der Waals surface area (Å²) in [5, 5.41) is 16.3. The van der Waals surface area contributed by atoms with Crippen LogP contribution in [0.25, 0.3) is 5.69 Å². The second-order valence-corrected chi connectivity index (χ2v) is 4.39. The summed E-state index contributed by atoms with van der Waals surface area (Å²) in [6.07, 6.45) is 0. The molecule has 0 fully saturated rings. The van der Waals surface area contributed by atoms with Gasteiger partial charge in [-0.05, 0) is 23.9 Å². The van der Waals surface area contributed by atoms with Crippen LogP contribution in [-0.2, 0) is 4.79 Å². The Morgan fingerprint density at radius 2 is 2.18 bits per heavy atom. The molecule has 2 aromatic rings. The first-order chi connectivity index (χ1) is 8.18.